The van der Waals surface area contributed by atoms with Gasteiger partial charge in [-0.05, 0) is 37.3 Å². The van der Waals surface area contributed by atoms with Crippen molar-refractivity contribution in [2.45, 2.75) is 25.7 Å². The van der Waals surface area contributed by atoms with Crippen LogP contribution in [0.1, 0.15) is 36.0 Å². The first-order valence-corrected chi connectivity index (χ1v) is 8.64. The van der Waals surface area contributed by atoms with Gasteiger partial charge in [-0.15, -0.1) is 0 Å². The molecule has 1 aromatic heterocycles. The van der Waals surface area contributed by atoms with Crippen molar-refractivity contribution in [1.82, 2.24) is 10.1 Å². The lowest BCUT2D eigenvalue weighted by Gasteiger charge is -2.32. The molecule has 132 valence electrons. The van der Waals surface area contributed by atoms with E-state index in [1.807, 2.05) is 0 Å². The number of amides is 1. The number of benzene rings is 1. The molecule has 1 aliphatic rings. The van der Waals surface area contributed by atoms with Crippen LogP contribution in [0.4, 0.5) is 0 Å². The number of carbonyl (C=O) groups is 2. The maximum Gasteiger partial charge on any atom is 0.303 e. The zero-order chi connectivity index (χ0) is 17.8. The summed E-state index contributed by atoms with van der Waals surface area (Å²) in [5.41, 5.74) is 1.68. The van der Waals surface area contributed by atoms with Crippen LogP contribution in [0.15, 0.2) is 35.1 Å². The molecule has 25 heavy (non-hydrogen) atoms. The highest BCUT2D eigenvalue weighted by Crippen LogP contribution is 2.27. The molecule has 1 saturated heterocycles. The van der Waals surface area contributed by atoms with Crippen molar-refractivity contribution < 1.29 is 19.2 Å². The topological polar surface area (TPSA) is 83.6 Å². The van der Waals surface area contributed by atoms with E-state index in [9.17, 15) is 9.59 Å². The summed E-state index contributed by atoms with van der Waals surface area (Å²) in [5, 5.41) is 13.4. The van der Waals surface area contributed by atoms with Crippen molar-refractivity contribution >= 4 is 23.5 Å². The van der Waals surface area contributed by atoms with Gasteiger partial charge in [-0.25, -0.2) is 0 Å². The molecule has 1 amide bonds. The van der Waals surface area contributed by atoms with Gasteiger partial charge in [-0.1, -0.05) is 28.9 Å². The predicted molar refractivity (Wildman–Crippen MR) is 92.4 cm³/mol. The predicted octanol–water partition coefficient (Wildman–Crippen LogP) is 3.71. The zero-order valence-electron chi connectivity index (χ0n) is 13.7. The van der Waals surface area contributed by atoms with Gasteiger partial charge in [-0.3, -0.25) is 9.59 Å². The van der Waals surface area contributed by atoms with Crippen molar-refractivity contribution in [3.63, 3.8) is 0 Å². The van der Waals surface area contributed by atoms with Crippen LogP contribution in [0.5, 0.6) is 0 Å². The first kappa shape index (κ1) is 17.5. The Bertz CT molecular complexity index is 757. The van der Waals surface area contributed by atoms with E-state index >= 15 is 0 Å². The summed E-state index contributed by atoms with van der Waals surface area (Å²) in [5.74, 6) is -0.716. The van der Waals surface area contributed by atoms with Crippen molar-refractivity contribution in [2.24, 2.45) is 5.92 Å². The summed E-state index contributed by atoms with van der Waals surface area (Å²) in [6.45, 7) is 1.23. The van der Waals surface area contributed by atoms with Crippen LogP contribution in [0.2, 0.25) is 5.02 Å². The van der Waals surface area contributed by atoms with Crippen LogP contribution >= 0.6 is 11.6 Å². The van der Waals surface area contributed by atoms with Crippen molar-refractivity contribution in [3.05, 3.63) is 41.1 Å². The molecule has 3 rings (SSSR count). The number of hydrogen-bond acceptors (Lipinski definition) is 4. The summed E-state index contributed by atoms with van der Waals surface area (Å²) in [4.78, 5) is 25.4. The third-order valence-electron chi connectivity index (χ3n) is 4.49. The highest BCUT2D eigenvalue weighted by molar-refractivity contribution is 6.30. The smallest absolute Gasteiger partial charge is 0.303 e. The summed E-state index contributed by atoms with van der Waals surface area (Å²) in [6.07, 6.45) is 3.91. The third kappa shape index (κ3) is 4.20. The van der Waals surface area contributed by atoms with Crippen molar-refractivity contribution in [3.8, 4) is 11.3 Å². The van der Waals surface area contributed by atoms with Crippen LogP contribution in [-0.2, 0) is 4.79 Å². The average Bonchev–Trinajstić information content (AvgIpc) is 3.10. The van der Waals surface area contributed by atoms with Crippen molar-refractivity contribution in [2.75, 3.05) is 13.1 Å². The molecule has 2 heterocycles. The first-order valence-electron chi connectivity index (χ1n) is 8.26. The lowest BCUT2D eigenvalue weighted by atomic mass is 9.93. The zero-order valence-corrected chi connectivity index (χ0v) is 14.4. The molecule has 0 aliphatic carbocycles. The monoisotopic (exact) mass is 362 g/mol. The Hall–Kier alpha value is -2.34. The number of nitrogens with zero attached hydrogens (tertiary/aromatic N) is 2. The molecular formula is C18H19ClN2O4. The van der Waals surface area contributed by atoms with Crippen LogP contribution in [0.3, 0.4) is 0 Å². The minimum absolute atomic E-state index is 0.133. The maximum atomic E-state index is 12.9. The quantitative estimate of drug-likeness (QED) is 0.876. The number of aliphatic carboxylic acids is 1. The van der Waals surface area contributed by atoms with Crippen LogP contribution in [0.25, 0.3) is 11.3 Å². The highest BCUT2D eigenvalue weighted by Gasteiger charge is 2.28. The number of rotatable bonds is 5. The number of halogens is 1. The fraction of sp³-hybridized carbons (Fsp3) is 0.389. The second-order valence-corrected chi connectivity index (χ2v) is 6.71. The van der Waals surface area contributed by atoms with E-state index in [-0.39, 0.29) is 18.2 Å². The number of piperidine rings is 1. The Morgan fingerprint density at radius 1 is 1.32 bits per heavy atom. The van der Waals surface area contributed by atoms with E-state index in [1.165, 1.54) is 6.26 Å². The number of likely N-dealkylation sites (tertiary alicyclic amines) is 1. The fourth-order valence-electron chi connectivity index (χ4n) is 3.19. The Balaban J connectivity index is 1.74. The lowest BCUT2D eigenvalue weighted by molar-refractivity contribution is -0.137. The molecule has 2 aromatic rings. The second-order valence-electron chi connectivity index (χ2n) is 6.28. The Kier molecular flexibility index (Phi) is 5.38. The molecule has 6 nitrogen and oxygen atoms in total. The Morgan fingerprint density at radius 2 is 2.08 bits per heavy atom. The van der Waals surface area contributed by atoms with E-state index in [4.69, 9.17) is 21.2 Å². The summed E-state index contributed by atoms with van der Waals surface area (Å²) < 4.78 is 5.04. The van der Waals surface area contributed by atoms with Gasteiger partial charge in [0.15, 0.2) is 0 Å². The van der Waals surface area contributed by atoms with E-state index < -0.39 is 5.97 Å². The molecular weight excluding hydrogens is 344 g/mol. The number of aromatic nitrogens is 1. The van der Waals surface area contributed by atoms with Gasteiger partial charge in [0.2, 0.25) is 0 Å². The van der Waals surface area contributed by atoms with Crippen LogP contribution in [-0.4, -0.2) is 40.1 Å². The molecule has 0 saturated carbocycles. The summed E-state index contributed by atoms with van der Waals surface area (Å²) >= 11 is 5.90. The molecule has 1 unspecified atom stereocenters. The number of carboxylic acids is 1. The van der Waals surface area contributed by atoms with Gasteiger partial charge < -0.3 is 14.5 Å². The molecule has 1 atom stereocenters. The average molecular weight is 363 g/mol. The first-order chi connectivity index (χ1) is 12.0. The molecule has 0 spiro atoms. The summed E-state index contributed by atoms with van der Waals surface area (Å²) in [6, 6.07) is 7.07. The van der Waals surface area contributed by atoms with Gasteiger partial charge in [0.05, 0.1) is 0 Å². The summed E-state index contributed by atoms with van der Waals surface area (Å²) in [7, 11) is 0. The van der Waals surface area contributed by atoms with Gasteiger partial charge in [-0.2, -0.15) is 0 Å². The molecule has 0 bridgehead atoms. The van der Waals surface area contributed by atoms with Gasteiger partial charge in [0.25, 0.3) is 5.91 Å². The van der Waals surface area contributed by atoms with Gasteiger partial charge in [0, 0.05) is 30.1 Å². The molecule has 7 heteroatoms. The van der Waals surface area contributed by atoms with Crippen LogP contribution < -0.4 is 0 Å². The minimum Gasteiger partial charge on any atom is -0.481 e. The van der Waals surface area contributed by atoms with E-state index in [0.29, 0.717) is 35.8 Å². The van der Waals surface area contributed by atoms with Crippen molar-refractivity contribution in [1.29, 1.82) is 0 Å². The van der Waals surface area contributed by atoms with Crippen LogP contribution in [0, 0.1) is 5.92 Å². The molecule has 1 fully saturated rings. The van der Waals surface area contributed by atoms with E-state index in [1.54, 1.807) is 29.2 Å². The van der Waals surface area contributed by atoms with E-state index in [0.717, 1.165) is 18.4 Å². The Morgan fingerprint density at radius 3 is 2.80 bits per heavy atom. The minimum atomic E-state index is -0.799. The maximum absolute atomic E-state index is 12.9. The van der Waals surface area contributed by atoms with Gasteiger partial charge >= 0.3 is 5.97 Å². The molecule has 1 aliphatic heterocycles. The lowest BCUT2D eigenvalue weighted by Crippen LogP contribution is -2.40. The number of hydrogen-bond donors (Lipinski definition) is 1. The second kappa shape index (κ2) is 7.70. The normalized spacial score (nSPS) is 17.5. The standard InChI is InChI=1S/C18H19ClN2O4/c19-14-6-4-13(5-7-14)17-15(11-25-20-17)18(24)21-9-1-2-12(10-21)3-8-16(22)23/h4-7,11-12H,1-3,8-10H2,(H,22,23). The fourth-order valence-corrected chi connectivity index (χ4v) is 3.31. The molecule has 1 N–H and O–H groups in total. The SMILES string of the molecule is O=C(O)CCC1CCCN(C(=O)c2conc2-c2ccc(Cl)cc2)C1. The Labute approximate surface area is 150 Å². The van der Waals surface area contributed by atoms with Gasteiger partial charge in [0.1, 0.15) is 17.5 Å². The van der Waals surface area contributed by atoms with E-state index in [2.05, 4.69) is 5.16 Å². The number of carboxylic acid groups (broad SMARTS) is 1. The highest BCUT2D eigenvalue weighted by atomic mass is 35.5. The molecule has 0 radical (unpaired) electrons. The molecule has 1 aromatic carbocycles. The third-order valence-corrected chi connectivity index (χ3v) is 4.74. The number of carbonyl (C=O) groups excluding carboxylic acids is 1. The largest absolute Gasteiger partial charge is 0.481 e.